The summed E-state index contributed by atoms with van der Waals surface area (Å²) in [4.78, 5) is 0. The highest BCUT2D eigenvalue weighted by Gasteiger charge is 2.39. The molecule has 0 aromatic carbocycles. The average molecular weight is 264 g/mol. The van der Waals surface area contributed by atoms with Crippen LogP contribution >= 0.6 is 0 Å². The molecule has 5 heteroatoms. The molecule has 0 N–H and O–H groups in total. The third-order valence-corrected chi connectivity index (χ3v) is 7.21. The molecule has 1 rings (SSSR count). The molecule has 0 spiro atoms. The highest BCUT2D eigenvalue weighted by atomic mass is 32.2. The summed E-state index contributed by atoms with van der Waals surface area (Å²) in [5, 5.41) is 0. The van der Waals surface area contributed by atoms with Crippen molar-refractivity contribution >= 4 is 21.6 Å². The molecule has 0 amide bonds. The fourth-order valence-corrected chi connectivity index (χ4v) is 6.48. The third kappa shape index (κ3) is 3.42. The van der Waals surface area contributed by atoms with Crippen LogP contribution in [0.4, 0.5) is 0 Å². The molecular weight excluding hydrogens is 244 g/mol. The monoisotopic (exact) mass is 264 g/mol. The van der Waals surface area contributed by atoms with Crippen molar-refractivity contribution in [2.75, 3.05) is 23.9 Å². The Morgan fingerprint density at radius 3 is 2.81 bits per heavy atom. The van der Waals surface area contributed by atoms with E-state index in [0.29, 0.717) is 23.9 Å². The topological polar surface area (TPSA) is 43.4 Å². The maximum Gasteiger partial charge on any atom is 0.0873 e. The second-order valence-electron chi connectivity index (χ2n) is 4.02. The van der Waals surface area contributed by atoms with Gasteiger partial charge in [0.1, 0.15) is 0 Å². The molecule has 3 atom stereocenters. The van der Waals surface area contributed by atoms with Crippen LogP contribution in [-0.4, -0.2) is 37.0 Å². The van der Waals surface area contributed by atoms with E-state index in [4.69, 9.17) is 4.74 Å². The molecule has 0 saturated carbocycles. The van der Waals surface area contributed by atoms with Crippen molar-refractivity contribution in [3.8, 4) is 0 Å². The van der Waals surface area contributed by atoms with Crippen molar-refractivity contribution in [3.63, 3.8) is 0 Å². The van der Waals surface area contributed by atoms with E-state index in [1.54, 1.807) is 0 Å². The van der Waals surface area contributed by atoms with E-state index in [-0.39, 0.29) is 4.75 Å². The maximum absolute atomic E-state index is 12.1. The van der Waals surface area contributed by atoms with Gasteiger partial charge in [0.15, 0.2) is 0 Å². The summed E-state index contributed by atoms with van der Waals surface area (Å²) in [7, 11) is -1.63. The van der Waals surface area contributed by atoms with Gasteiger partial charge in [0.2, 0.25) is 0 Å². The smallest absolute Gasteiger partial charge is 0.0873 e. The van der Waals surface area contributed by atoms with E-state index < -0.39 is 21.6 Å². The Morgan fingerprint density at radius 2 is 2.19 bits per heavy atom. The molecule has 1 heterocycles. The third-order valence-electron chi connectivity index (χ3n) is 3.06. The second-order valence-corrected chi connectivity index (χ2v) is 7.56. The van der Waals surface area contributed by atoms with Gasteiger partial charge in [-0.25, -0.2) is 0 Å². The Morgan fingerprint density at radius 1 is 1.44 bits per heavy atom. The van der Waals surface area contributed by atoms with Crippen molar-refractivity contribution in [2.45, 2.75) is 30.9 Å². The first-order valence-electron chi connectivity index (χ1n) is 5.60. The molecule has 1 aliphatic rings. The predicted octanol–water partition coefficient (Wildman–Crippen LogP) is 1.59. The van der Waals surface area contributed by atoms with Gasteiger partial charge in [-0.1, -0.05) is 13.5 Å². The SMILES string of the molecule is C=COCCCC1(CC)CS(=O)CCS1=O. The van der Waals surface area contributed by atoms with Crippen LogP contribution in [0, 0.1) is 0 Å². The molecule has 3 unspecified atom stereocenters. The van der Waals surface area contributed by atoms with Gasteiger partial charge >= 0.3 is 0 Å². The first-order chi connectivity index (χ1) is 7.64. The lowest BCUT2D eigenvalue weighted by molar-refractivity contribution is 0.238. The molecule has 94 valence electrons. The lowest BCUT2D eigenvalue weighted by atomic mass is 10.0. The number of rotatable bonds is 6. The van der Waals surface area contributed by atoms with Crippen LogP contribution in [-0.2, 0) is 26.3 Å². The Labute approximate surface area is 103 Å². The Kier molecular flexibility index (Phi) is 5.69. The van der Waals surface area contributed by atoms with Gasteiger partial charge in [0.25, 0.3) is 0 Å². The first kappa shape index (κ1) is 13.9. The van der Waals surface area contributed by atoms with Crippen molar-refractivity contribution in [3.05, 3.63) is 12.8 Å². The minimum atomic E-state index is -0.837. The van der Waals surface area contributed by atoms with Crippen LogP contribution in [0.5, 0.6) is 0 Å². The fourth-order valence-electron chi connectivity index (χ4n) is 2.00. The molecule has 1 saturated heterocycles. The molecule has 1 aliphatic heterocycles. The Balaban J connectivity index is 2.56. The quantitative estimate of drug-likeness (QED) is 0.540. The van der Waals surface area contributed by atoms with E-state index >= 15 is 0 Å². The normalized spacial score (nSPS) is 34.6. The zero-order chi connectivity index (χ0) is 12.0. The maximum atomic E-state index is 12.1. The molecule has 3 nitrogen and oxygen atoms in total. The van der Waals surface area contributed by atoms with Crippen molar-refractivity contribution < 1.29 is 13.2 Å². The summed E-state index contributed by atoms with van der Waals surface area (Å²) < 4.78 is 28.5. The van der Waals surface area contributed by atoms with Crippen LogP contribution in [0.1, 0.15) is 26.2 Å². The van der Waals surface area contributed by atoms with Gasteiger partial charge < -0.3 is 4.74 Å². The molecule has 1 fully saturated rings. The van der Waals surface area contributed by atoms with Crippen LogP contribution in [0.3, 0.4) is 0 Å². The molecule has 0 radical (unpaired) electrons. The summed E-state index contributed by atoms with van der Waals surface area (Å²) in [6, 6.07) is 0. The molecule has 0 aliphatic carbocycles. The zero-order valence-corrected chi connectivity index (χ0v) is 11.4. The minimum Gasteiger partial charge on any atom is -0.502 e. The lowest BCUT2D eigenvalue weighted by Gasteiger charge is -2.34. The molecular formula is C11H20O3S2. The Hall–Kier alpha value is -0.160. The number of hydrogen-bond acceptors (Lipinski definition) is 3. The second kappa shape index (κ2) is 6.55. The first-order valence-corrected chi connectivity index (χ1v) is 8.41. The summed E-state index contributed by atoms with van der Waals surface area (Å²) in [6.07, 6.45) is 3.94. The van der Waals surface area contributed by atoms with Crippen molar-refractivity contribution in [1.82, 2.24) is 0 Å². The van der Waals surface area contributed by atoms with Crippen LogP contribution in [0.2, 0.25) is 0 Å². The van der Waals surface area contributed by atoms with Crippen LogP contribution in [0.25, 0.3) is 0 Å². The van der Waals surface area contributed by atoms with Crippen molar-refractivity contribution in [2.24, 2.45) is 0 Å². The summed E-state index contributed by atoms with van der Waals surface area (Å²) in [5.41, 5.74) is 0. The predicted molar refractivity (Wildman–Crippen MR) is 69.3 cm³/mol. The Bertz CT molecular complexity index is 291. The highest BCUT2D eigenvalue weighted by Crippen LogP contribution is 2.30. The minimum absolute atomic E-state index is 0.242. The van der Waals surface area contributed by atoms with Gasteiger partial charge in [-0.2, -0.15) is 0 Å². The van der Waals surface area contributed by atoms with Gasteiger partial charge in [-0.05, 0) is 19.3 Å². The van der Waals surface area contributed by atoms with E-state index in [9.17, 15) is 8.42 Å². The van der Waals surface area contributed by atoms with Crippen molar-refractivity contribution in [1.29, 1.82) is 0 Å². The van der Waals surface area contributed by atoms with Gasteiger partial charge in [-0.3, -0.25) is 8.42 Å². The van der Waals surface area contributed by atoms with E-state index in [1.807, 2.05) is 6.92 Å². The van der Waals surface area contributed by atoms with E-state index in [2.05, 4.69) is 6.58 Å². The van der Waals surface area contributed by atoms with Crippen LogP contribution < -0.4 is 0 Å². The number of hydrogen-bond donors (Lipinski definition) is 0. The summed E-state index contributed by atoms with van der Waals surface area (Å²) >= 11 is 0. The standard InChI is InChI=1S/C11H20O3S2/c1-3-11(6-5-7-14-4-2)10-15(12)8-9-16(11)13/h4H,2-3,5-10H2,1H3. The van der Waals surface area contributed by atoms with Gasteiger partial charge in [-0.15, -0.1) is 0 Å². The highest BCUT2D eigenvalue weighted by molar-refractivity contribution is 7.93. The zero-order valence-electron chi connectivity index (χ0n) is 9.78. The summed E-state index contributed by atoms with van der Waals surface area (Å²) in [6.45, 7) is 6.12. The van der Waals surface area contributed by atoms with E-state index in [1.165, 1.54) is 6.26 Å². The molecule has 0 aromatic rings. The lowest BCUT2D eigenvalue weighted by Crippen LogP contribution is -2.46. The largest absolute Gasteiger partial charge is 0.502 e. The molecule has 16 heavy (non-hydrogen) atoms. The summed E-state index contributed by atoms with van der Waals surface area (Å²) in [5.74, 6) is 1.77. The fraction of sp³-hybridized carbons (Fsp3) is 0.818. The molecule has 0 aromatic heterocycles. The number of ether oxygens (including phenoxy) is 1. The van der Waals surface area contributed by atoms with Gasteiger partial charge in [0, 0.05) is 38.9 Å². The van der Waals surface area contributed by atoms with Gasteiger partial charge in [0.05, 0.1) is 17.6 Å². The van der Waals surface area contributed by atoms with E-state index in [0.717, 1.165) is 19.3 Å². The van der Waals surface area contributed by atoms with Crippen LogP contribution in [0.15, 0.2) is 12.8 Å². The molecule has 0 bridgehead atoms. The average Bonchev–Trinajstić information content (AvgIpc) is 2.29.